The van der Waals surface area contributed by atoms with Crippen molar-refractivity contribution in [2.24, 2.45) is 0 Å². The van der Waals surface area contributed by atoms with E-state index in [-0.39, 0.29) is 38.1 Å². The smallest absolute Gasteiger partial charge is 0.395 e. The Labute approximate surface area is 121 Å². The standard InChI is InChI=1S/C12H19F3N4O2/c1-18(2)10-8-9(12(13,14)15)16-11(17-10)19(4-6-20)5-7-21-3/h8,20H,4-7H2,1-3H3. The lowest BCUT2D eigenvalue weighted by molar-refractivity contribution is -0.141. The molecule has 1 N–H and O–H groups in total. The summed E-state index contributed by atoms with van der Waals surface area (Å²) in [6.45, 7) is 0.473. The third-order valence-corrected chi connectivity index (χ3v) is 2.67. The van der Waals surface area contributed by atoms with Crippen LogP contribution in [0.15, 0.2) is 6.07 Å². The molecule has 120 valence electrons. The van der Waals surface area contributed by atoms with Crippen LogP contribution in [0.2, 0.25) is 0 Å². The van der Waals surface area contributed by atoms with E-state index in [9.17, 15) is 13.2 Å². The first-order valence-electron chi connectivity index (χ1n) is 6.28. The van der Waals surface area contributed by atoms with Gasteiger partial charge >= 0.3 is 6.18 Å². The first-order valence-corrected chi connectivity index (χ1v) is 6.28. The SMILES string of the molecule is COCCN(CCO)c1nc(N(C)C)cc(C(F)(F)F)n1. The highest BCUT2D eigenvalue weighted by atomic mass is 19.4. The number of halogens is 3. The topological polar surface area (TPSA) is 61.7 Å². The first kappa shape index (κ1) is 17.4. The zero-order valence-electron chi connectivity index (χ0n) is 12.2. The molecule has 0 fully saturated rings. The van der Waals surface area contributed by atoms with E-state index in [1.54, 1.807) is 14.1 Å². The van der Waals surface area contributed by atoms with Crippen molar-refractivity contribution in [3.63, 3.8) is 0 Å². The van der Waals surface area contributed by atoms with Gasteiger partial charge in [0.05, 0.1) is 13.2 Å². The molecule has 1 aromatic heterocycles. The fraction of sp³-hybridized carbons (Fsp3) is 0.667. The summed E-state index contributed by atoms with van der Waals surface area (Å²) in [5.74, 6) is 0.0623. The number of methoxy groups -OCH3 is 1. The van der Waals surface area contributed by atoms with Gasteiger partial charge in [-0.05, 0) is 0 Å². The van der Waals surface area contributed by atoms with Gasteiger partial charge in [0.15, 0.2) is 5.69 Å². The molecule has 0 aromatic carbocycles. The maximum atomic E-state index is 12.9. The van der Waals surface area contributed by atoms with Gasteiger partial charge in [0, 0.05) is 40.4 Å². The van der Waals surface area contributed by atoms with Crippen molar-refractivity contribution in [1.82, 2.24) is 9.97 Å². The third-order valence-electron chi connectivity index (χ3n) is 2.67. The number of aliphatic hydroxyl groups is 1. The number of nitrogens with zero attached hydrogens (tertiary/aromatic N) is 4. The van der Waals surface area contributed by atoms with E-state index in [2.05, 4.69) is 9.97 Å². The van der Waals surface area contributed by atoms with E-state index in [0.29, 0.717) is 0 Å². The minimum Gasteiger partial charge on any atom is -0.395 e. The van der Waals surface area contributed by atoms with Gasteiger partial charge in [-0.3, -0.25) is 0 Å². The number of hydrogen-bond acceptors (Lipinski definition) is 6. The van der Waals surface area contributed by atoms with Crippen molar-refractivity contribution < 1.29 is 23.0 Å². The predicted octanol–water partition coefficient (Wildman–Crippen LogP) is 1.01. The normalized spacial score (nSPS) is 11.6. The minimum atomic E-state index is -4.56. The lowest BCUT2D eigenvalue weighted by Crippen LogP contribution is -2.33. The van der Waals surface area contributed by atoms with Crippen molar-refractivity contribution in [1.29, 1.82) is 0 Å². The highest BCUT2D eigenvalue weighted by Crippen LogP contribution is 2.30. The van der Waals surface area contributed by atoms with Crippen molar-refractivity contribution in [3.05, 3.63) is 11.8 Å². The first-order chi connectivity index (χ1) is 9.79. The van der Waals surface area contributed by atoms with Crippen LogP contribution in [0, 0.1) is 0 Å². The quantitative estimate of drug-likeness (QED) is 0.811. The Balaban J connectivity index is 3.21. The number of rotatable bonds is 7. The van der Waals surface area contributed by atoms with Crippen LogP contribution >= 0.6 is 0 Å². The molecule has 0 radical (unpaired) electrons. The van der Waals surface area contributed by atoms with Crippen LogP contribution in [0.1, 0.15) is 5.69 Å². The molecule has 0 aliphatic carbocycles. The number of aromatic nitrogens is 2. The van der Waals surface area contributed by atoms with Gasteiger partial charge in [0.2, 0.25) is 5.95 Å². The number of hydrogen-bond donors (Lipinski definition) is 1. The van der Waals surface area contributed by atoms with Gasteiger partial charge < -0.3 is 19.6 Å². The predicted molar refractivity (Wildman–Crippen MR) is 72.5 cm³/mol. The van der Waals surface area contributed by atoms with Crippen molar-refractivity contribution in [2.75, 3.05) is 57.3 Å². The molecule has 0 saturated heterocycles. The lowest BCUT2D eigenvalue weighted by atomic mass is 10.3. The Morgan fingerprint density at radius 2 is 1.90 bits per heavy atom. The summed E-state index contributed by atoms with van der Waals surface area (Å²) in [6, 6.07) is 0.886. The number of alkyl halides is 3. The summed E-state index contributed by atoms with van der Waals surface area (Å²) in [6.07, 6.45) is -4.56. The van der Waals surface area contributed by atoms with E-state index in [1.807, 2.05) is 0 Å². The summed E-state index contributed by atoms with van der Waals surface area (Å²) >= 11 is 0. The maximum Gasteiger partial charge on any atom is 0.433 e. The molecule has 21 heavy (non-hydrogen) atoms. The van der Waals surface area contributed by atoms with Crippen LogP contribution in [-0.4, -0.2) is 62.6 Å². The Bertz CT molecular complexity index is 455. The number of ether oxygens (including phenoxy) is 1. The van der Waals surface area contributed by atoms with Crippen LogP contribution in [0.3, 0.4) is 0 Å². The number of anilines is 2. The zero-order chi connectivity index (χ0) is 16.0. The average Bonchev–Trinajstić information content (AvgIpc) is 2.42. The Kier molecular flexibility index (Phi) is 6.16. The second kappa shape index (κ2) is 7.41. The molecule has 0 spiro atoms. The van der Waals surface area contributed by atoms with Crippen LogP contribution in [0.25, 0.3) is 0 Å². The molecule has 6 nitrogen and oxygen atoms in total. The molecule has 0 saturated carbocycles. The number of aliphatic hydroxyl groups excluding tert-OH is 1. The molecule has 0 aliphatic rings. The van der Waals surface area contributed by atoms with E-state index in [1.165, 1.54) is 16.9 Å². The summed E-state index contributed by atoms with van der Waals surface area (Å²) < 4.78 is 43.6. The molecular weight excluding hydrogens is 289 g/mol. The molecule has 1 aromatic rings. The largest absolute Gasteiger partial charge is 0.433 e. The van der Waals surface area contributed by atoms with Gasteiger partial charge in [-0.2, -0.15) is 18.2 Å². The van der Waals surface area contributed by atoms with E-state index < -0.39 is 11.9 Å². The molecule has 0 amide bonds. The van der Waals surface area contributed by atoms with Crippen molar-refractivity contribution >= 4 is 11.8 Å². The molecule has 0 aliphatic heterocycles. The van der Waals surface area contributed by atoms with E-state index in [4.69, 9.17) is 9.84 Å². The van der Waals surface area contributed by atoms with E-state index >= 15 is 0 Å². The fourth-order valence-corrected chi connectivity index (χ4v) is 1.57. The third kappa shape index (κ3) is 5.01. The second-order valence-corrected chi connectivity index (χ2v) is 4.51. The van der Waals surface area contributed by atoms with Crippen LogP contribution in [-0.2, 0) is 10.9 Å². The molecule has 9 heteroatoms. The molecule has 0 atom stereocenters. The average molecular weight is 308 g/mol. The van der Waals surface area contributed by atoms with E-state index in [0.717, 1.165) is 6.07 Å². The van der Waals surface area contributed by atoms with Gasteiger partial charge in [-0.25, -0.2) is 4.98 Å². The monoisotopic (exact) mass is 308 g/mol. The van der Waals surface area contributed by atoms with Crippen molar-refractivity contribution in [2.45, 2.75) is 6.18 Å². The highest BCUT2D eigenvalue weighted by Gasteiger charge is 2.34. The molecule has 1 heterocycles. The summed E-state index contributed by atoms with van der Waals surface area (Å²) in [5.41, 5.74) is -1.02. The molecule has 0 unspecified atom stereocenters. The van der Waals surface area contributed by atoms with Gasteiger partial charge in [0.1, 0.15) is 5.82 Å². The minimum absolute atomic E-state index is 0.0837. The van der Waals surface area contributed by atoms with Gasteiger partial charge in [0.25, 0.3) is 0 Å². The fourth-order valence-electron chi connectivity index (χ4n) is 1.57. The summed E-state index contributed by atoms with van der Waals surface area (Å²) in [7, 11) is 4.67. The maximum absolute atomic E-state index is 12.9. The lowest BCUT2D eigenvalue weighted by Gasteiger charge is -2.24. The Morgan fingerprint density at radius 3 is 2.38 bits per heavy atom. The molecule has 1 rings (SSSR count). The van der Waals surface area contributed by atoms with Gasteiger partial charge in [-0.15, -0.1) is 0 Å². The zero-order valence-corrected chi connectivity index (χ0v) is 12.2. The second-order valence-electron chi connectivity index (χ2n) is 4.51. The summed E-state index contributed by atoms with van der Waals surface area (Å²) in [4.78, 5) is 10.6. The molecule has 0 bridgehead atoms. The Hall–Kier alpha value is -1.61. The highest BCUT2D eigenvalue weighted by molar-refractivity contribution is 5.45. The van der Waals surface area contributed by atoms with Gasteiger partial charge in [-0.1, -0.05) is 0 Å². The van der Waals surface area contributed by atoms with Crippen LogP contribution in [0.5, 0.6) is 0 Å². The Morgan fingerprint density at radius 1 is 1.24 bits per heavy atom. The van der Waals surface area contributed by atoms with Crippen molar-refractivity contribution in [3.8, 4) is 0 Å². The molecular formula is C12H19F3N4O2. The van der Waals surface area contributed by atoms with Crippen LogP contribution in [0.4, 0.5) is 24.9 Å². The summed E-state index contributed by atoms with van der Waals surface area (Å²) in [5, 5.41) is 9.03. The van der Waals surface area contributed by atoms with Crippen LogP contribution < -0.4 is 9.80 Å².